The van der Waals surface area contributed by atoms with E-state index in [1.54, 1.807) is 13.0 Å². The van der Waals surface area contributed by atoms with Gasteiger partial charge in [0.1, 0.15) is 16.5 Å². The van der Waals surface area contributed by atoms with Gasteiger partial charge in [-0.05, 0) is 81.0 Å². The number of ether oxygens (including phenoxy) is 3. The Morgan fingerprint density at radius 2 is 2.00 bits per heavy atom. The van der Waals surface area contributed by atoms with Crippen molar-refractivity contribution in [3.05, 3.63) is 53.4 Å². The summed E-state index contributed by atoms with van der Waals surface area (Å²) in [6.45, 7) is 16.1. The molecule has 3 aromatic rings. The molecule has 0 saturated carbocycles. The summed E-state index contributed by atoms with van der Waals surface area (Å²) in [6, 6.07) is 11.4. The fourth-order valence-corrected chi connectivity index (χ4v) is 4.02. The zero-order valence-corrected chi connectivity index (χ0v) is 20.8. The number of hydrogen-bond acceptors (Lipinski definition) is 7. The van der Waals surface area contributed by atoms with Crippen LogP contribution in [0, 0.1) is 6.57 Å². The zero-order chi connectivity index (χ0) is 24.5. The Morgan fingerprint density at radius 1 is 1.18 bits per heavy atom. The second-order valence-corrected chi connectivity index (χ2v) is 8.57. The molecule has 1 heterocycles. The summed E-state index contributed by atoms with van der Waals surface area (Å²) in [7, 11) is 0. The first-order valence-corrected chi connectivity index (χ1v) is 12.2. The van der Waals surface area contributed by atoms with Gasteiger partial charge < -0.3 is 14.2 Å². The summed E-state index contributed by atoms with van der Waals surface area (Å²) >= 11 is 1.30. The number of aryl methyl sites for hydroxylation is 1. The minimum atomic E-state index is -0.202. The largest absolute Gasteiger partial charge is 0.502 e. The Balaban J connectivity index is 1.73. The number of hydrogen-bond donors (Lipinski definition) is 0. The van der Waals surface area contributed by atoms with E-state index >= 15 is 0 Å². The topological polar surface area (TPSA) is 74.9 Å². The molecule has 0 N–H and O–H groups in total. The molecule has 178 valence electrons. The van der Waals surface area contributed by atoms with E-state index in [4.69, 9.17) is 25.8 Å². The van der Waals surface area contributed by atoms with Crippen LogP contribution < -0.4 is 9.47 Å². The van der Waals surface area contributed by atoms with Gasteiger partial charge in [-0.1, -0.05) is 13.0 Å². The molecule has 0 spiro atoms. The van der Waals surface area contributed by atoms with Crippen molar-refractivity contribution in [1.29, 1.82) is 0 Å². The summed E-state index contributed by atoms with van der Waals surface area (Å²) in [4.78, 5) is 19.8. The maximum atomic E-state index is 11.4. The third-order valence-electron chi connectivity index (χ3n) is 4.91. The summed E-state index contributed by atoms with van der Waals surface area (Å²) < 4.78 is 21.0. The highest BCUT2D eigenvalue weighted by Gasteiger charge is 2.15. The molecule has 2 aromatic carbocycles. The third-order valence-corrected chi connectivity index (χ3v) is 5.68. The van der Waals surface area contributed by atoms with Gasteiger partial charge in [-0.25, -0.2) is 9.83 Å². The normalized spacial score (nSPS) is 10.7. The highest BCUT2D eigenvalue weighted by molar-refractivity contribution is 7.09. The van der Waals surface area contributed by atoms with Crippen LogP contribution in [0.1, 0.15) is 46.1 Å². The fourth-order valence-electron chi connectivity index (χ4n) is 3.35. The molecule has 0 aliphatic rings. The SMILES string of the molecule is [C-]#[N+]c1cc(-c2nc(-c3ccc(OCCCC(=O)OCC)cc3CC)ns2)ccc1OC(C)C. The van der Waals surface area contributed by atoms with Gasteiger partial charge in [0.05, 0.1) is 25.9 Å². The predicted octanol–water partition coefficient (Wildman–Crippen LogP) is 6.49. The van der Waals surface area contributed by atoms with E-state index < -0.39 is 0 Å². The lowest BCUT2D eigenvalue weighted by Gasteiger charge is -2.11. The Hall–Kier alpha value is -3.44. The minimum Gasteiger partial charge on any atom is -0.502 e. The summed E-state index contributed by atoms with van der Waals surface area (Å²) in [6.07, 6.45) is 1.74. The van der Waals surface area contributed by atoms with Crippen LogP contribution in [0.2, 0.25) is 0 Å². The van der Waals surface area contributed by atoms with Crippen molar-refractivity contribution in [2.24, 2.45) is 0 Å². The summed E-state index contributed by atoms with van der Waals surface area (Å²) in [5, 5.41) is 0.748. The standard InChI is InChI=1S/C26H29N3O4S/c1-6-18-15-20(32-14-8-9-24(30)31-7-2)11-12-21(18)25-28-26(34-29-25)19-10-13-23(33-17(3)4)22(16-19)27-5/h10-13,15-17H,6-9,14H2,1-4H3. The van der Waals surface area contributed by atoms with Crippen molar-refractivity contribution < 1.29 is 19.0 Å². The molecule has 0 radical (unpaired) electrons. The zero-order valence-electron chi connectivity index (χ0n) is 20.0. The Kier molecular flexibility index (Phi) is 9.00. The van der Waals surface area contributed by atoms with Gasteiger partial charge in [0, 0.05) is 17.5 Å². The number of benzene rings is 2. The van der Waals surface area contributed by atoms with E-state index in [9.17, 15) is 4.79 Å². The maximum absolute atomic E-state index is 11.4. The average Bonchev–Trinajstić information content (AvgIpc) is 3.32. The first kappa shape index (κ1) is 25.2. The minimum absolute atomic E-state index is 0.00327. The van der Waals surface area contributed by atoms with Crippen molar-refractivity contribution in [1.82, 2.24) is 9.36 Å². The van der Waals surface area contributed by atoms with E-state index in [-0.39, 0.29) is 12.1 Å². The fraction of sp³-hybridized carbons (Fsp3) is 0.385. The molecular formula is C26H29N3O4S. The van der Waals surface area contributed by atoms with Crippen LogP contribution in [0.25, 0.3) is 26.8 Å². The molecule has 0 unspecified atom stereocenters. The molecule has 0 bridgehead atoms. The van der Waals surface area contributed by atoms with Crippen LogP contribution in [0.5, 0.6) is 11.5 Å². The Bertz CT molecular complexity index is 1170. The summed E-state index contributed by atoms with van der Waals surface area (Å²) in [5.41, 5.74) is 3.33. The van der Waals surface area contributed by atoms with E-state index in [2.05, 4.69) is 16.1 Å². The first-order chi connectivity index (χ1) is 16.4. The molecule has 0 atom stereocenters. The van der Waals surface area contributed by atoms with E-state index in [1.807, 2.05) is 44.2 Å². The smallest absolute Gasteiger partial charge is 0.305 e. The van der Waals surface area contributed by atoms with Gasteiger partial charge in [-0.2, -0.15) is 4.37 Å². The highest BCUT2D eigenvalue weighted by atomic mass is 32.1. The molecule has 0 amide bonds. The monoisotopic (exact) mass is 479 g/mol. The Morgan fingerprint density at radius 3 is 2.71 bits per heavy atom. The second kappa shape index (κ2) is 12.1. The number of carbonyl (C=O) groups excluding carboxylic acids is 1. The van der Waals surface area contributed by atoms with Crippen LogP contribution in [0.3, 0.4) is 0 Å². The quantitative estimate of drug-likeness (QED) is 0.178. The van der Waals surface area contributed by atoms with E-state index in [1.165, 1.54) is 11.5 Å². The van der Waals surface area contributed by atoms with Crippen molar-refractivity contribution in [3.8, 4) is 33.5 Å². The molecule has 0 saturated heterocycles. The number of esters is 1. The molecule has 1 aromatic heterocycles. The lowest BCUT2D eigenvalue weighted by molar-refractivity contribution is -0.143. The van der Waals surface area contributed by atoms with Gasteiger partial charge >= 0.3 is 5.97 Å². The van der Waals surface area contributed by atoms with Crippen molar-refractivity contribution in [2.75, 3.05) is 13.2 Å². The summed E-state index contributed by atoms with van der Waals surface area (Å²) in [5.74, 6) is 1.77. The molecular weight excluding hydrogens is 450 g/mol. The number of nitrogens with zero attached hydrogens (tertiary/aromatic N) is 3. The number of rotatable bonds is 11. The maximum Gasteiger partial charge on any atom is 0.305 e. The van der Waals surface area contributed by atoms with Crippen molar-refractivity contribution >= 4 is 23.2 Å². The van der Waals surface area contributed by atoms with Crippen molar-refractivity contribution in [2.45, 2.75) is 53.1 Å². The first-order valence-electron chi connectivity index (χ1n) is 11.4. The molecule has 8 heteroatoms. The second-order valence-electron chi connectivity index (χ2n) is 7.81. The number of aromatic nitrogens is 2. The highest BCUT2D eigenvalue weighted by Crippen LogP contribution is 2.36. The third kappa shape index (κ3) is 6.55. The van der Waals surface area contributed by atoms with Gasteiger partial charge in [0.2, 0.25) is 5.69 Å². The molecule has 0 fully saturated rings. The van der Waals surface area contributed by atoms with Crippen molar-refractivity contribution in [3.63, 3.8) is 0 Å². The van der Waals surface area contributed by atoms with E-state index in [0.717, 1.165) is 33.9 Å². The van der Waals surface area contributed by atoms with Gasteiger partial charge in [-0.3, -0.25) is 4.79 Å². The van der Waals surface area contributed by atoms with Gasteiger partial charge in [-0.15, -0.1) is 0 Å². The van der Waals surface area contributed by atoms with Crippen LogP contribution in [-0.2, 0) is 16.0 Å². The van der Waals surface area contributed by atoms with Crippen LogP contribution in [0.15, 0.2) is 36.4 Å². The molecule has 7 nitrogen and oxygen atoms in total. The lowest BCUT2D eigenvalue weighted by Crippen LogP contribution is -2.06. The predicted molar refractivity (Wildman–Crippen MR) is 134 cm³/mol. The molecule has 34 heavy (non-hydrogen) atoms. The van der Waals surface area contributed by atoms with Gasteiger partial charge in [0.25, 0.3) is 0 Å². The molecule has 3 rings (SSSR count). The van der Waals surface area contributed by atoms with E-state index in [0.29, 0.717) is 43.3 Å². The molecule has 0 aliphatic heterocycles. The van der Waals surface area contributed by atoms with Crippen LogP contribution in [-0.4, -0.2) is 34.6 Å². The van der Waals surface area contributed by atoms with Crippen LogP contribution in [0.4, 0.5) is 5.69 Å². The molecule has 0 aliphatic carbocycles. The Labute approximate surface area is 204 Å². The lowest BCUT2D eigenvalue weighted by atomic mass is 10.0. The number of carbonyl (C=O) groups is 1. The van der Waals surface area contributed by atoms with Gasteiger partial charge in [0.15, 0.2) is 5.82 Å². The van der Waals surface area contributed by atoms with Crippen LogP contribution >= 0.6 is 11.5 Å². The average molecular weight is 480 g/mol.